The minimum absolute atomic E-state index is 0.0283. The fourth-order valence-electron chi connectivity index (χ4n) is 2.29. The van der Waals surface area contributed by atoms with Gasteiger partial charge in [0.15, 0.2) is 10.6 Å². The predicted octanol–water partition coefficient (Wildman–Crippen LogP) is 0.981. The van der Waals surface area contributed by atoms with Crippen molar-refractivity contribution in [2.45, 2.75) is 18.7 Å². The van der Waals surface area contributed by atoms with Gasteiger partial charge in [0.1, 0.15) is 0 Å². The van der Waals surface area contributed by atoms with Crippen molar-refractivity contribution in [1.82, 2.24) is 19.5 Å². The van der Waals surface area contributed by atoms with Crippen LogP contribution in [0.15, 0.2) is 34.0 Å². The normalized spacial score (nSPS) is 11.6. The highest BCUT2D eigenvalue weighted by atomic mass is 32.2. The van der Waals surface area contributed by atoms with Crippen LogP contribution < -0.4 is 16.0 Å². The number of hydrogen-bond acceptors (Lipinski definition) is 7. The number of thiazole rings is 1. The van der Waals surface area contributed by atoms with Crippen LogP contribution >= 0.6 is 23.6 Å². The summed E-state index contributed by atoms with van der Waals surface area (Å²) in [5.74, 6) is 0. The molecule has 2 heterocycles. The van der Waals surface area contributed by atoms with Crippen LogP contribution in [-0.4, -0.2) is 28.3 Å². The molecule has 0 aliphatic heterocycles. The molecule has 11 heteroatoms. The van der Waals surface area contributed by atoms with Crippen molar-refractivity contribution in [2.24, 2.45) is 5.73 Å². The average molecular weight is 395 g/mol. The molecule has 0 spiro atoms. The number of fused-ring (bicyclic) bond motifs is 1. The van der Waals surface area contributed by atoms with Gasteiger partial charge in [0, 0.05) is 0 Å². The molecule has 0 aliphatic carbocycles. The Kier molecular flexibility index (Phi) is 4.31. The lowest BCUT2D eigenvalue weighted by Crippen LogP contribution is -2.34. The molecule has 3 N–H and O–H groups in total. The second-order valence-electron chi connectivity index (χ2n) is 5.18. The van der Waals surface area contributed by atoms with E-state index in [1.165, 1.54) is 40.3 Å². The van der Waals surface area contributed by atoms with Gasteiger partial charge in [-0.15, -0.1) is 11.3 Å². The molecule has 0 bridgehead atoms. The molecular formula is C14H13N5O3S3. The molecule has 0 saturated heterocycles. The second-order valence-corrected chi connectivity index (χ2v) is 8.50. The number of rotatable bonds is 3. The molecule has 1 aromatic carbocycles. The summed E-state index contributed by atoms with van der Waals surface area (Å²) in [6.45, 7) is 3.61. The van der Waals surface area contributed by atoms with E-state index in [2.05, 4.69) is 22.3 Å². The minimum Gasteiger partial charge on any atom is -0.376 e. The largest absolute Gasteiger partial charge is 0.376 e. The van der Waals surface area contributed by atoms with Crippen LogP contribution in [0.2, 0.25) is 0 Å². The topological polar surface area (TPSA) is 120 Å². The standard InChI is InChI=1S/C14H13N5O3S3/c1-7-12-11(16-8(2)24-12)13(20)19(17-7)9-3-5-10(6-4-9)25(21,22)18-14(15)23/h3-6H,1-2H3,(H3,15,18,23). The van der Waals surface area contributed by atoms with Crippen molar-refractivity contribution in [1.29, 1.82) is 0 Å². The summed E-state index contributed by atoms with van der Waals surface area (Å²) in [4.78, 5) is 16.8. The monoisotopic (exact) mass is 395 g/mol. The number of benzene rings is 1. The Morgan fingerprint density at radius 3 is 2.52 bits per heavy atom. The van der Waals surface area contributed by atoms with Crippen LogP contribution in [0.5, 0.6) is 0 Å². The van der Waals surface area contributed by atoms with Crippen LogP contribution in [-0.2, 0) is 10.0 Å². The first-order valence-corrected chi connectivity index (χ1v) is 9.69. The number of hydrogen-bond donors (Lipinski definition) is 2. The molecule has 0 saturated carbocycles. The SMILES string of the molecule is Cc1nc2c(=O)n(-c3ccc(S(=O)(=O)NC(N)=S)cc3)nc(C)c2s1. The van der Waals surface area contributed by atoms with Crippen LogP contribution in [0.25, 0.3) is 15.9 Å². The quantitative estimate of drug-likeness (QED) is 0.634. The van der Waals surface area contributed by atoms with Gasteiger partial charge in [0.2, 0.25) is 0 Å². The Morgan fingerprint density at radius 1 is 1.28 bits per heavy atom. The van der Waals surface area contributed by atoms with E-state index >= 15 is 0 Å². The Hall–Kier alpha value is -2.37. The van der Waals surface area contributed by atoms with Crippen molar-refractivity contribution in [3.63, 3.8) is 0 Å². The van der Waals surface area contributed by atoms with E-state index in [1.54, 1.807) is 6.92 Å². The lowest BCUT2D eigenvalue weighted by atomic mass is 10.3. The van der Waals surface area contributed by atoms with Gasteiger partial charge in [0.05, 0.1) is 26.0 Å². The highest BCUT2D eigenvalue weighted by Crippen LogP contribution is 2.21. The van der Waals surface area contributed by atoms with E-state index < -0.39 is 10.0 Å². The van der Waals surface area contributed by atoms with E-state index in [9.17, 15) is 13.2 Å². The van der Waals surface area contributed by atoms with Gasteiger partial charge in [-0.25, -0.2) is 13.4 Å². The molecular weight excluding hydrogens is 382 g/mol. The first-order chi connectivity index (χ1) is 11.7. The number of thiocarbonyl (C=S) groups is 1. The van der Waals surface area contributed by atoms with Gasteiger partial charge >= 0.3 is 0 Å². The smallest absolute Gasteiger partial charge is 0.298 e. The molecule has 0 radical (unpaired) electrons. The number of nitrogens with one attached hydrogen (secondary N) is 1. The maximum atomic E-state index is 12.6. The Labute approximate surface area is 152 Å². The molecule has 130 valence electrons. The number of sulfonamides is 1. The zero-order valence-electron chi connectivity index (χ0n) is 13.2. The molecule has 0 aliphatic rings. The maximum Gasteiger partial charge on any atom is 0.298 e. The fraction of sp³-hybridized carbons (Fsp3) is 0.143. The summed E-state index contributed by atoms with van der Waals surface area (Å²) >= 11 is 5.96. The van der Waals surface area contributed by atoms with Crippen molar-refractivity contribution in [3.8, 4) is 5.69 Å². The number of nitrogens with zero attached hydrogens (tertiary/aromatic N) is 3. The van der Waals surface area contributed by atoms with Gasteiger partial charge < -0.3 is 5.73 Å². The summed E-state index contributed by atoms with van der Waals surface area (Å²) < 4.78 is 28.0. The van der Waals surface area contributed by atoms with Crippen LogP contribution in [0.3, 0.4) is 0 Å². The van der Waals surface area contributed by atoms with E-state index in [0.29, 0.717) is 16.9 Å². The summed E-state index contributed by atoms with van der Waals surface area (Å²) in [6, 6.07) is 5.64. The maximum absolute atomic E-state index is 12.6. The van der Waals surface area contributed by atoms with Crippen molar-refractivity contribution in [2.75, 3.05) is 0 Å². The van der Waals surface area contributed by atoms with Crippen LogP contribution in [0.4, 0.5) is 0 Å². The van der Waals surface area contributed by atoms with E-state index in [-0.39, 0.29) is 15.6 Å². The van der Waals surface area contributed by atoms with E-state index in [1.807, 2.05) is 11.6 Å². The highest BCUT2D eigenvalue weighted by Gasteiger charge is 2.16. The lowest BCUT2D eigenvalue weighted by Gasteiger charge is -2.08. The second kappa shape index (κ2) is 6.17. The zero-order chi connectivity index (χ0) is 18.4. The molecule has 25 heavy (non-hydrogen) atoms. The van der Waals surface area contributed by atoms with Gasteiger partial charge in [-0.05, 0) is 50.3 Å². The average Bonchev–Trinajstić information content (AvgIpc) is 2.92. The first kappa shape index (κ1) is 17.5. The number of aromatic nitrogens is 3. The minimum atomic E-state index is -3.84. The number of aryl methyl sites for hydroxylation is 2. The molecule has 3 rings (SSSR count). The summed E-state index contributed by atoms with van der Waals surface area (Å²) in [6.07, 6.45) is 0. The predicted molar refractivity (Wildman–Crippen MR) is 99.6 cm³/mol. The van der Waals surface area contributed by atoms with Crippen molar-refractivity contribution < 1.29 is 8.42 Å². The molecule has 8 nitrogen and oxygen atoms in total. The Balaban J connectivity index is 2.09. The third-order valence-electron chi connectivity index (χ3n) is 3.33. The fourth-order valence-corrected chi connectivity index (χ4v) is 4.35. The van der Waals surface area contributed by atoms with Gasteiger partial charge in [-0.3, -0.25) is 9.52 Å². The van der Waals surface area contributed by atoms with Gasteiger partial charge in [-0.2, -0.15) is 9.78 Å². The van der Waals surface area contributed by atoms with E-state index in [0.717, 1.165) is 9.71 Å². The summed E-state index contributed by atoms with van der Waals surface area (Å²) in [5.41, 5.74) is 6.30. The molecule has 0 unspecified atom stereocenters. The Morgan fingerprint density at radius 2 is 1.92 bits per heavy atom. The first-order valence-electron chi connectivity index (χ1n) is 6.99. The highest BCUT2D eigenvalue weighted by molar-refractivity contribution is 7.91. The van der Waals surface area contributed by atoms with Gasteiger partial charge in [-0.1, -0.05) is 0 Å². The molecule has 0 fully saturated rings. The number of nitrogens with two attached hydrogens (primary N) is 1. The third-order valence-corrected chi connectivity index (χ3v) is 6.03. The third kappa shape index (κ3) is 3.25. The molecule has 3 aromatic rings. The zero-order valence-corrected chi connectivity index (χ0v) is 15.6. The summed E-state index contributed by atoms with van der Waals surface area (Å²) in [7, 11) is -3.84. The van der Waals surface area contributed by atoms with E-state index in [4.69, 9.17) is 5.73 Å². The van der Waals surface area contributed by atoms with Crippen molar-refractivity contribution >= 4 is 48.9 Å². The summed E-state index contributed by atoms with van der Waals surface area (Å²) in [5, 5.41) is 4.73. The Bertz CT molecular complexity index is 1150. The van der Waals surface area contributed by atoms with Gasteiger partial charge in [0.25, 0.3) is 15.6 Å². The molecule has 2 aromatic heterocycles. The molecule has 0 amide bonds. The van der Waals surface area contributed by atoms with Crippen molar-refractivity contribution in [3.05, 3.63) is 45.3 Å². The van der Waals surface area contributed by atoms with Crippen LogP contribution in [0.1, 0.15) is 10.7 Å². The molecule has 0 atom stereocenters. The lowest BCUT2D eigenvalue weighted by molar-refractivity contribution is 0.592. The van der Waals surface area contributed by atoms with Crippen LogP contribution in [0, 0.1) is 13.8 Å².